The number of halogens is 3. The van der Waals surface area contributed by atoms with Gasteiger partial charge >= 0.3 is 18.1 Å². The van der Waals surface area contributed by atoms with E-state index in [2.05, 4.69) is 0 Å². The van der Waals surface area contributed by atoms with Gasteiger partial charge in [-0.25, -0.2) is 4.79 Å². The van der Waals surface area contributed by atoms with Crippen LogP contribution in [0.1, 0.15) is 12.8 Å². The fourth-order valence-corrected chi connectivity index (χ4v) is 0.945. The highest BCUT2D eigenvalue weighted by molar-refractivity contribution is 5.73. The van der Waals surface area contributed by atoms with Crippen molar-refractivity contribution in [3.63, 3.8) is 0 Å². The highest BCUT2D eigenvalue weighted by Crippen LogP contribution is 2.14. The van der Waals surface area contributed by atoms with Crippen LogP contribution in [0.2, 0.25) is 0 Å². The fourth-order valence-electron chi connectivity index (χ4n) is 0.945. The second kappa shape index (κ2) is 6.31. The van der Waals surface area contributed by atoms with Crippen molar-refractivity contribution in [3.05, 3.63) is 0 Å². The lowest BCUT2D eigenvalue weighted by Crippen LogP contribution is -2.22. The first-order valence-electron chi connectivity index (χ1n) is 4.35. The molecular formula is C8H11F3O5. The van der Waals surface area contributed by atoms with Crippen molar-refractivity contribution in [3.8, 4) is 0 Å². The molecule has 0 aromatic heterocycles. The van der Waals surface area contributed by atoms with Gasteiger partial charge in [-0.05, 0) is 12.8 Å². The summed E-state index contributed by atoms with van der Waals surface area (Å²) >= 11 is 0. The third-order valence-electron chi connectivity index (χ3n) is 1.81. The Balaban J connectivity index is 0.000000293. The molecule has 0 aliphatic carbocycles. The SMILES string of the molecule is O=C(O)C(F)(F)F.O=C(O)C1CCOCC1. The van der Waals surface area contributed by atoms with Crippen molar-refractivity contribution >= 4 is 11.9 Å². The van der Waals surface area contributed by atoms with Crippen molar-refractivity contribution in [2.24, 2.45) is 5.92 Å². The van der Waals surface area contributed by atoms with Gasteiger partial charge < -0.3 is 14.9 Å². The number of hydrogen-bond acceptors (Lipinski definition) is 3. The summed E-state index contributed by atoms with van der Waals surface area (Å²) in [6, 6.07) is 0. The molecule has 5 nitrogen and oxygen atoms in total. The van der Waals surface area contributed by atoms with Crippen LogP contribution in [0.3, 0.4) is 0 Å². The summed E-state index contributed by atoms with van der Waals surface area (Å²) in [5, 5.41) is 15.6. The molecule has 94 valence electrons. The highest BCUT2D eigenvalue weighted by atomic mass is 19.4. The molecule has 0 radical (unpaired) electrons. The second-order valence-electron chi connectivity index (χ2n) is 3.03. The maximum Gasteiger partial charge on any atom is 0.490 e. The highest BCUT2D eigenvalue weighted by Gasteiger charge is 2.38. The summed E-state index contributed by atoms with van der Waals surface area (Å²) in [7, 11) is 0. The number of carboxylic acids is 2. The number of hydrogen-bond donors (Lipinski definition) is 2. The standard InChI is InChI=1S/C6H10O3.C2HF3O2/c7-6(8)5-1-3-9-4-2-5;3-2(4,5)1(6)7/h5H,1-4H2,(H,7,8);(H,6,7). The van der Waals surface area contributed by atoms with Crippen LogP contribution in [0.5, 0.6) is 0 Å². The molecule has 0 unspecified atom stereocenters. The minimum absolute atomic E-state index is 0.154. The third-order valence-corrected chi connectivity index (χ3v) is 1.81. The van der Waals surface area contributed by atoms with E-state index in [0.29, 0.717) is 26.1 Å². The number of alkyl halides is 3. The molecule has 0 spiro atoms. The van der Waals surface area contributed by atoms with E-state index in [0.717, 1.165) is 0 Å². The van der Waals surface area contributed by atoms with E-state index in [1.807, 2.05) is 0 Å². The van der Waals surface area contributed by atoms with Gasteiger partial charge in [0.25, 0.3) is 0 Å². The number of aliphatic carboxylic acids is 2. The molecule has 1 rings (SSSR count). The van der Waals surface area contributed by atoms with E-state index >= 15 is 0 Å². The lowest BCUT2D eigenvalue weighted by Gasteiger charge is -2.17. The van der Waals surface area contributed by atoms with Gasteiger partial charge in [0.2, 0.25) is 0 Å². The molecule has 16 heavy (non-hydrogen) atoms. The van der Waals surface area contributed by atoms with Crippen molar-refractivity contribution < 1.29 is 37.7 Å². The maximum absolute atomic E-state index is 10.6. The number of ether oxygens (including phenoxy) is 1. The Hall–Kier alpha value is -1.31. The largest absolute Gasteiger partial charge is 0.490 e. The maximum atomic E-state index is 10.6. The van der Waals surface area contributed by atoms with Gasteiger partial charge in [0, 0.05) is 13.2 Å². The van der Waals surface area contributed by atoms with Gasteiger partial charge in [-0.3, -0.25) is 4.79 Å². The van der Waals surface area contributed by atoms with Gasteiger partial charge in [-0.15, -0.1) is 0 Å². The van der Waals surface area contributed by atoms with E-state index in [-0.39, 0.29) is 5.92 Å². The monoisotopic (exact) mass is 244 g/mol. The predicted molar refractivity (Wildman–Crippen MR) is 44.9 cm³/mol. The van der Waals surface area contributed by atoms with Crippen LogP contribution in [-0.2, 0) is 14.3 Å². The molecule has 8 heteroatoms. The first-order chi connectivity index (χ1) is 7.25. The molecule has 0 amide bonds. The summed E-state index contributed by atoms with van der Waals surface area (Å²) in [5.74, 6) is -3.59. The predicted octanol–water partition coefficient (Wildman–Crippen LogP) is 1.13. The summed E-state index contributed by atoms with van der Waals surface area (Å²) < 4.78 is 36.7. The first-order valence-corrected chi connectivity index (χ1v) is 4.35. The van der Waals surface area contributed by atoms with Gasteiger partial charge in [-0.2, -0.15) is 13.2 Å². The van der Waals surface area contributed by atoms with Crippen LogP contribution >= 0.6 is 0 Å². The lowest BCUT2D eigenvalue weighted by molar-refractivity contribution is -0.192. The second-order valence-corrected chi connectivity index (χ2v) is 3.03. The summed E-state index contributed by atoms with van der Waals surface area (Å²) in [6.07, 6.45) is -3.73. The van der Waals surface area contributed by atoms with Crippen LogP contribution in [0.4, 0.5) is 13.2 Å². The normalized spacial score (nSPS) is 17.2. The zero-order valence-electron chi connectivity index (χ0n) is 8.16. The molecule has 0 aromatic carbocycles. The third kappa shape index (κ3) is 6.23. The smallest absolute Gasteiger partial charge is 0.481 e. The Bertz CT molecular complexity index is 245. The quantitative estimate of drug-likeness (QED) is 0.722. The minimum atomic E-state index is -5.08. The number of carbonyl (C=O) groups is 2. The van der Waals surface area contributed by atoms with Gasteiger partial charge in [-0.1, -0.05) is 0 Å². The van der Waals surface area contributed by atoms with E-state index in [1.54, 1.807) is 0 Å². The van der Waals surface area contributed by atoms with Crippen LogP contribution in [0, 0.1) is 5.92 Å². The lowest BCUT2D eigenvalue weighted by atomic mass is 10.0. The fraction of sp³-hybridized carbons (Fsp3) is 0.750. The molecule has 1 aliphatic rings. The number of carboxylic acid groups (broad SMARTS) is 2. The van der Waals surface area contributed by atoms with Crippen molar-refractivity contribution in [1.82, 2.24) is 0 Å². The minimum Gasteiger partial charge on any atom is -0.481 e. The van der Waals surface area contributed by atoms with Crippen LogP contribution in [0.15, 0.2) is 0 Å². The molecule has 0 bridgehead atoms. The van der Waals surface area contributed by atoms with Crippen LogP contribution in [0.25, 0.3) is 0 Å². The number of rotatable bonds is 1. The summed E-state index contributed by atoms with van der Waals surface area (Å²) in [4.78, 5) is 19.2. The molecule has 0 atom stereocenters. The Morgan fingerprint density at radius 1 is 1.12 bits per heavy atom. The van der Waals surface area contributed by atoms with E-state index in [4.69, 9.17) is 19.7 Å². The van der Waals surface area contributed by atoms with Gasteiger partial charge in [0.05, 0.1) is 5.92 Å². The van der Waals surface area contributed by atoms with E-state index < -0.39 is 18.1 Å². The Labute approximate surface area is 88.8 Å². The van der Waals surface area contributed by atoms with E-state index in [9.17, 15) is 18.0 Å². The zero-order valence-corrected chi connectivity index (χ0v) is 8.16. The Morgan fingerprint density at radius 2 is 1.50 bits per heavy atom. The molecule has 1 saturated heterocycles. The summed E-state index contributed by atoms with van der Waals surface area (Å²) in [6.45, 7) is 1.22. The molecule has 1 aliphatic heterocycles. The topological polar surface area (TPSA) is 83.8 Å². The van der Waals surface area contributed by atoms with Crippen LogP contribution in [-0.4, -0.2) is 41.5 Å². The average molecular weight is 244 g/mol. The van der Waals surface area contributed by atoms with Gasteiger partial charge in [0.1, 0.15) is 0 Å². The molecule has 1 fully saturated rings. The molecule has 1 heterocycles. The van der Waals surface area contributed by atoms with Crippen molar-refractivity contribution in [1.29, 1.82) is 0 Å². The Morgan fingerprint density at radius 3 is 1.69 bits per heavy atom. The van der Waals surface area contributed by atoms with Crippen molar-refractivity contribution in [2.75, 3.05) is 13.2 Å². The van der Waals surface area contributed by atoms with E-state index in [1.165, 1.54) is 0 Å². The molecule has 2 N–H and O–H groups in total. The average Bonchev–Trinajstić information content (AvgIpc) is 2.18. The molecular weight excluding hydrogens is 233 g/mol. The van der Waals surface area contributed by atoms with Gasteiger partial charge in [0.15, 0.2) is 0 Å². The Kier molecular flexibility index (Phi) is 5.79. The zero-order chi connectivity index (χ0) is 12.8. The molecule has 0 saturated carbocycles. The summed E-state index contributed by atoms with van der Waals surface area (Å²) in [5.41, 5.74) is 0. The van der Waals surface area contributed by atoms with Crippen LogP contribution < -0.4 is 0 Å². The molecule has 0 aromatic rings. The first kappa shape index (κ1) is 14.7. The van der Waals surface area contributed by atoms with Crippen molar-refractivity contribution in [2.45, 2.75) is 19.0 Å².